The molecule has 0 bridgehead atoms. The van der Waals surface area contributed by atoms with Crippen LogP contribution in [0, 0.1) is 0 Å². The maximum absolute atomic E-state index is 5.30. The second kappa shape index (κ2) is 5.77. The van der Waals surface area contributed by atoms with Crippen LogP contribution in [0.5, 0.6) is 0 Å². The lowest BCUT2D eigenvalue weighted by Gasteiger charge is -2.21. The van der Waals surface area contributed by atoms with Gasteiger partial charge in [-0.15, -0.1) is 0 Å². The Balaban J connectivity index is 1.76. The van der Waals surface area contributed by atoms with Crippen molar-refractivity contribution < 1.29 is 0 Å². The summed E-state index contributed by atoms with van der Waals surface area (Å²) in [5.41, 5.74) is 8.33. The molecular weight excluding hydrogens is 366 g/mol. The Morgan fingerprint density at radius 2 is 1.50 bits per heavy atom. The second-order valence-corrected chi connectivity index (χ2v) is 7.87. The van der Waals surface area contributed by atoms with E-state index >= 15 is 0 Å². The number of hydrogen-bond acceptors (Lipinski definition) is 2. The number of fused-ring (bicyclic) bond motifs is 6. The van der Waals surface area contributed by atoms with Gasteiger partial charge in [-0.1, -0.05) is 66.7 Å². The quantitative estimate of drug-likeness (QED) is 0.333. The molecule has 0 N–H and O–H groups in total. The highest BCUT2D eigenvalue weighted by Crippen LogP contribution is 2.43. The van der Waals surface area contributed by atoms with Gasteiger partial charge in [0.15, 0.2) is 0 Å². The van der Waals surface area contributed by atoms with Crippen molar-refractivity contribution in [3.63, 3.8) is 0 Å². The van der Waals surface area contributed by atoms with Crippen molar-refractivity contribution in [1.29, 1.82) is 0 Å². The summed E-state index contributed by atoms with van der Waals surface area (Å²) in [5.74, 6) is 0.919. The van der Waals surface area contributed by atoms with Gasteiger partial charge < -0.3 is 0 Å². The van der Waals surface area contributed by atoms with Gasteiger partial charge in [-0.05, 0) is 35.7 Å². The Bertz CT molecular complexity index is 1610. The van der Waals surface area contributed by atoms with Gasteiger partial charge >= 0.3 is 0 Å². The minimum atomic E-state index is 0.919. The number of benzene rings is 3. The first-order valence-corrected chi connectivity index (χ1v) is 10.2. The summed E-state index contributed by atoms with van der Waals surface area (Å²) in [6, 6.07) is 29.9. The van der Waals surface area contributed by atoms with Crippen molar-refractivity contribution in [2.45, 2.75) is 6.42 Å². The van der Waals surface area contributed by atoms with Crippen molar-refractivity contribution in [2.24, 2.45) is 0 Å². The Morgan fingerprint density at radius 1 is 0.700 bits per heavy atom. The van der Waals surface area contributed by atoms with Crippen molar-refractivity contribution in [2.75, 3.05) is 0 Å². The van der Waals surface area contributed by atoms with Crippen LogP contribution < -0.4 is 0 Å². The normalized spacial score (nSPS) is 12.5. The van der Waals surface area contributed by atoms with Crippen LogP contribution in [0.3, 0.4) is 0 Å². The maximum atomic E-state index is 5.30. The minimum absolute atomic E-state index is 0.919. The standard InChI is InChI=1S/C27H17N3/c1-2-10-19-17(8-1)16-18-9-7-12-21-24(18)25(19)29-26-20-11-3-4-13-22(20)30(27(21)26)23-14-5-6-15-28-23/h1-15H,16H2. The van der Waals surface area contributed by atoms with Gasteiger partial charge in [-0.2, -0.15) is 0 Å². The van der Waals surface area contributed by atoms with Gasteiger partial charge in [-0.3, -0.25) is 4.57 Å². The molecule has 0 atom stereocenters. The Kier molecular flexibility index (Phi) is 3.06. The van der Waals surface area contributed by atoms with Gasteiger partial charge in [0.25, 0.3) is 0 Å². The van der Waals surface area contributed by atoms with E-state index in [0.717, 1.165) is 39.9 Å². The monoisotopic (exact) mass is 383 g/mol. The van der Waals surface area contributed by atoms with Crippen LogP contribution in [0.2, 0.25) is 0 Å². The SMILES string of the molecule is c1ccc(-n2c3ccccc3c3nc4c5c(cccc5c32)Cc2ccccc2-4)nc1. The molecule has 3 heteroatoms. The van der Waals surface area contributed by atoms with Gasteiger partial charge in [0.05, 0.1) is 22.2 Å². The minimum Gasteiger partial charge on any atom is -0.292 e. The predicted molar refractivity (Wildman–Crippen MR) is 122 cm³/mol. The first-order valence-electron chi connectivity index (χ1n) is 10.2. The van der Waals surface area contributed by atoms with Crippen molar-refractivity contribution >= 4 is 32.7 Å². The summed E-state index contributed by atoms with van der Waals surface area (Å²) in [4.78, 5) is 9.98. The third-order valence-corrected chi connectivity index (χ3v) is 6.25. The van der Waals surface area contributed by atoms with Crippen LogP contribution in [0.4, 0.5) is 0 Å². The molecule has 3 heterocycles. The highest BCUT2D eigenvalue weighted by molar-refractivity contribution is 6.20. The number of para-hydroxylation sites is 1. The summed E-state index contributed by atoms with van der Waals surface area (Å²) in [6.45, 7) is 0. The second-order valence-electron chi connectivity index (χ2n) is 7.87. The van der Waals surface area contributed by atoms with E-state index in [1.165, 1.54) is 27.5 Å². The highest BCUT2D eigenvalue weighted by Gasteiger charge is 2.24. The molecule has 0 amide bonds. The predicted octanol–water partition coefficient (Wildman–Crippen LogP) is 6.30. The van der Waals surface area contributed by atoms with Crippen molar-refractivity contribution in [1.82, 2.24) is 14.5 Å². The Morgan fingerprint density at radius 3 is 2.43 bits per heavy atom. The summed E-state index contributed by atoms with van der Waals surface area (Å²) in [5, 5.41) is 3.66. The van der Waals surface area contributed by atoms with Crippen LogP contribution in [0.15, 0.2) is 91.1 Å². The van der Waals surface area contributed by atoms with E-state index in [9.17, 15) is 0 Å². The van der Waals surface area contributed by atoms with Crippen LogP contribution in [0.25, 0.3) is 49.8 Å². The largest absolute Gasteiger partial charge is 0.292 e. The van der Waals surface area contributed by atoms with E-state index in [-0.39, 0.29) is 0 Å². The lowest BCUT2D eigenvalue weighted by Crippen LogP contribution is -2.04. The third kappa shape index (κ3) is 1.99. The van der Waals surface area contributed by atoms with Crippen molar-refractivity contribution in [3.8, 4) is 17.1 Å². The zero-order valence-corrected chi connectivity index (χ0v) is 16.2. The molecule has 0 saturated heterocycles. The molecule has 1 aliphatic carbocycles. The highest BCUT2D eigenvalue weighted by atomic mass is 15.1. The fraction of sp³-hybridized carbons (Fsp3) is 0.0370. The lowest BCUT2D eigenvalue weighted by molar-refractivity contribution is 1.08. The molecule has 0 fully saturated rings. The fourth-order valence-corrected chi connectivity index (χ4v) is 5.01. The van der Waals surface area contributed by atoms with E-state index in [1.54, 1.807) is 0 Å². The van der Waals surface area contributed by atoms with Gasteiger partial charge in [-0.25, -0.2) is 9.97 Å². The molecule has 6 aromatic rings. The molecule has 30 heavy (non-hydrogen) atoms. The smallest absolute Gasteiger partial charge is 0.137 e. The molecule has 3 aromatic heterocycles. The average molecular weight is 383 g/mol. The number of nitrogens with zero attached hydrogens (tertiary/aromatic N) is 3. The van der Waals surface area contributed by atoms with E-state index in [4.69, 9.17) is 4.98 Å². The third-order valence-electron chi connectivity index (χ3n) is 6.25. The summed E-state index contributed by atoms with van der Waals surface area (Å²) < 4.78 is 2.26. The van der Waals surface area contributed by atoms with Gasteiger partial charge in [0.1, 0.15) is 5.82 Å². The number of hydrogen-bond donors (Lipinski definition) is 0. The van der Waals surface area contributed by atoms with Crippen LogP contribution in [0.1, 0.15) is 11.1 Å². The number of aromatic nitrogens is 3. The Hall–Kier alpha value is -3.98. The summed E-state index contributed by atoms with van der Waals surface area (Å²) >= 11 is 0. The van der Waals surface area contributed by atoms with Crippen LogP contribution in [-0.2, 0) is 6.42 Å². The zero-order valence-electron chi connectivity index (χ0n) is 16.2. The molecule has 0 aliphatic heterocycles. The van der Waals surface area contributed by atoms with Crippen LogP contribution >= 0.6 is 0 Å². The van der Waals surface area contributed by atoms with E-state index in [0.29, 0.717) is 0 Å². The average Bonchev–Trinajstić information content (AvgIpc) is 3.14. The Labute approximate surface area is 173 Å². The topological polar surface area (TPSA) is 30.7 Å². The van der Waals surface area contributed by atoms with Gasteiger partial charge in [0.2, 0.25) is 0 Å². The van der Waals surface area contributed by atoms with Crippen LogP contribution in [-0.4, -0.2) is 14.5 Å². The summed E-state index contributed by atoms with van der Waals surface area (Å²) in [6.07, 6.45) is 2.79. The molecule has 0 radical (unpaired) electrons. The molecule has 0 unspecified atom stereocenters. The fourth-order valence-electron chi connectivity index (χ4n) is 5.01. The van der Waals surface area contributed by atoms with Crippen molar-refractivity contribution in [3.05, 3.63) is 102 Å². The molecular formula is C27H17N3. The molecule has 7 rings (SSSR count). The van der Waals surface area contributed by atoms with E-state index in [1.807, 2.05) is 18.3 Å². The molecule has 3 nitrogen and oxygen atoms in total. The van der Waals surface area contributed by atoms with E-state index in [2.05, 4.69) is 82.3 Å². The molecule has 140 valence electrons. The van der Waals surface area contributed by atoms with E-state index < -0.39 is 0 Å². The van der Waals surface area contributed by atoms with Gasteiger partial charge in [0, 0.05) is 27.9 Å². The molecule has 0 saturated carbocycles. The molecule has 3 aromatic carbocycles. The molecule has 1 aliphatic rings. The number of rotatable bonds is 1. The zero-order chi connectivity index (χ0) is 19.7. The lowest BCUT2D eigenvalue weighted by atomic mass is 9.86. The number of pyridine rings is 2. The first kappa shape index (κ1) is 15.9. The first-order chi connectivity index (χ1) is 14.9. The molecule has 0 spiro atoms. The maximum Gasteiger partial charge on any atom is 0.137 e. The summed E-state index contributed by atoms with van der Waals surface area (Å²) in [7, 11) is 0.